The van der Waals surface area contributed by atoms with Crippen molar-refractivity contribution < 1.29 is 14.3 Å². The number of nitrogens with zero attached hydrogens (tertiary/aromatic N) is 1. The molecule has 0 radical (unpaired) electrons. The lowest BCUT2D eigenvalue weighted by atomic mass is 10.1. The first-order chi connectivity index (χ1) is 11.0. The van der Waals surface area contributed by atoms with E-state index in [1.165, 1.54) is 4.90 Å². The van der Waals surface area contributed by atoms with Crippen LogP contribution in [-0.2, 0) is 4.79 Å². The summed E-state index contributed by atoms with van der Waals surface area (Å²) in [6.45, 7) is 6.26. The number of thiocarbonyl (C=S) groups is 1. The third kappa shape index (κ3) is 3.83. The van der Waals surface area contributed by atoms with E-state index in [9.17, 15) is 4.79 Å². The summed E-state index contributed by atoms with van der Waals surface area (Å²) in [5.41, 5.74) is 1.09. The maximum Gasteiger partial charge on any atom is 0.276 e. The van der Waals surface area contributed by atoms with Crippen LogP contribution in [0.5, 0.6) is 11.5 Å². The van der Waals surface area contributed by atoms with Crippen LogP contribution in [0.2, 0.25) is 5.02 Å². The number of rotatable bonds is 6. The van der Waals surface area contributed by atoms with Crippen LogP contribution < -0.4 is 14.8 Å². The van der Waals surface area contributed by atoms with Gasteiger partial charge in [0.05, 0.1) is 11.6 Å². The Morgan fingerprint density at radius 3 is 2.74 bits per heavy atom. The van der Waals surface area contributed by atoms with Crippen LogP contribution in [0.3, 0.4) is 0 Å². The monoisotopic (exact) mass is 352 g/mol. The normalized spacial score (nSPS) is 15.8. The van der Waals surface area contributed by atoms with Gasteiger partial charge in [-0.1, -0.05) is 24.3 Å². The van der Waals surface area contributed by atoms with Gasteiger partial charge in [-0.15, -0.1) is 0 Å². The molecule has 1 heterocycles. The van der Waals surface area contributed by atoms with Gasteiger partial charge >= 0.3 is 0 Å². The van der Waals surface area contributed by atoms with Crippen molar-refractivity contribution in [1.82, 2.24) is 10.2 Å². The second-order valence-corrected chi connectivity index (χ2v) is 5.51. The molecule has 0 saturated carbocycles. The van der Waals surface area contributed by atoms with Gasteiger partial charge in [0.1, 0.15) is 12.3 Å². The fourth-order valence-corrected chi connectivity index (χ4v) is 2.47. The molecule has 7 heteroatoms. The molecule has 0 spiro atoms. The van der Waals surface area contributed by atoms with Crippen LogP contribution in [0, 0.1) is 0 Å². The molecule has 1 N–H and O–H groups in total. The molecule has 1 aromatic rings. The molecule has 0 unspecified atom stereocenters. The van der Waals surface area contributed by atoms with Crippen molar-refractivity contribution >= 4 is 40.9 Å². The summed E-state index contributed by atoms with van der Waals surface area (Å²) in [6, 6.07) is 3.46. The third-order valence-corrected chi connectivity index (χ3v) is 3.73. The zero-order valence-corrected chi connectivity index (χ0v) is 14.5. The summed E-state index contributed by atoms with van der Waals surface area (Å²) in [6.07, 6.45) is 3.30. The minimum atomic E-state index is -0.198. The predicted molar refractivity (Wildman–Crippen MR) is 94.8 cm³/mol. The lowest BCUT2D eigenvalue weighted by Crippen LogP contribution is -2.25. The summed E-state index contributed by atoms with van der Waals surface area (Å²) >= 11 is 11.3. The third-order valence-electron chi connectivity index (χ3n) is 3.07. The second kappa shape index (κ2) is 7.48. The van der Waals surface area contributed by atoms with E-state index < -0.39 is 0 Å². The zero-order chi connectivity index (χ0) is 17.0. The van der Waals surface area contributed by atoms with Gasteiger partial charge in [-0.25, -0.2) is 0 Å². The molecule has 0 atom stereocenters. The maximum atomic E-state index is 12.0. The van der Waals surface area contributed by atoms with Crippen LogP contribution in [0.25, 0.3) is 6.08 Å². The van der Waals surface area contributed by atoms with Crippen molar-refractivity contribution in [2.75, 3.05) is 20.3 Å². The van der Waals surface area contributed by atoms with Gasteiger partial charge in [-0.2, -0.15) is 0 Å². The number of hydrogen-bond acceptors (Lipinski definition) is 4. The summed E-state index contributed by atoms with van der Waals surface area (Å²) in [7, 11) is 1.61. The van der Waals surface area contributed by atoms with Gasteiger partial charge < -0.3 is 14.8 Å². The van der Waals surface area contributed by atoms with E-state index >= 15 is 0 Å². The molecule has 0 aromatic heterocycles. The van der Waals surface area contributed by atoms with Gasteiger partial charge in [0, 0.05) is 7.05 Å². The molecule has 1 aromatic carbocycles. The van der Waals surface area contributed by atoms with Gasteiger partial charge in [0.15, 0.2) is 16.6 Å². The summed E-state index contributed by atoms with van der Waals surface area (Å²) in [5, 5.41) is 3.62. The van der Waals surface area contributed by atoms with E-state index in [1.54, 1.807) is 31.3 Å². The number of halogens is 1. The molecule has 1 fully saturated rings. The fraction of sp³-hybridized carbons (Fsp3) is 0.250. The number of amides is 1. The molecule has 1 amide bonds. The van der Waals surface area contributed by atoms with E-state index in [-0.39, 0.29) is 5.91 Å². The maximum absolute atomic E-state index is 12.0. The average molecular weight is 353 g/mol. The van der Waals surface area contributed by atoms with E-state index in [0.29, 0.717) is 46.1 Å². The first-order valence-corrected chi connectivity index (χ1v) is 7.77. The molecule has 5 nitrogen and oxygen atoms in total. The van der Waals surface area contributed by atoms with E-state index in [1.807, 2.05) is 6.92 Å². The first kappa shape index (κ1) is 17.3. The molecule has 1 aliphatic heterocycles. The Balaban J connectivity index is 2.39. The number of benzene rings is 1. The largest absolute Gasteiger partial charge is 0.490 e. The molecular formula is C16H17ClN2O3S. The van der Waals surface area contributed by atoms with Crippen LogP contribution in [0.15, 0.2) is 30.5 Å². The quantitative estimate of drug-likeness (QED) is 0.484. The first-order valence-electron chi connectivity index (χ1n) is 6.98. The van der Waals surface area contributed by atoms with Crippen molar-refractivity contribution in [2.45, 2.75) is 6.92 Å². The van der Waals surface area contributed by atoms with Crippen molar-refractivity contribution in [3.8, 4) is 11.5 Å². The second-order valence-electron chi connectivity index (χ2n) is 4.72. The zero-order valence-electron chi connectivity index (χ0n) is 12.9. The summed E-state index contributed by atoms with van der Waals surface area (Å²) in [5.74, 6) is 0.764. The smallest absolute Gasteiger partial charge is 0.276 e. The number of hydrogen-bond donors (Lipinski definition) is 1. The van der Waals surface area contributed by atoms with Crippen molar-refractivity contribution in [1.29, 1.82) is 0 Å². The van der Waals surface area contributed by atoms with E-state index in [2.05, 4.69) is 11.9 Å². The Bertz CT molecular complexity index is 688. The average Bonchev–Trinajstić information content (AvgIpc) is 2.74. The lowest BCUT2D eigenvalue weighted by molar-refractivity contribution is -0.121. The summed E-state index contributed by atoms with van der Waals surface area (Å²) in [4.78, 5) is 13.4. The van der Waals surface area contributed by atoms with Gasteiger partial charge in [-0.3, -0.25) is 9.69 Å². The summed E-state index contributed by atoms with van der Waals surface area (Å²) < 4.78 is 11.1. The van der Waals surface area contributed by atoms with Crippen molar-refractivity contribution in [3.63, 3.8) is 0 Å². The molecule has 1 saturated heterocycles. The van der Waals surface area contributed by atoms with Crippen LogP contribution in [0.4, 0.5) is 0 Å². The Labute approximate surface area is 145 Å². The van der Waals surface area contributed by atoms with Gasteiger partial charge in [0.25, 0.3) is 5.91 Å². The predicted octanol–water partition coefficient (Wildman–Crippen LogP) is 2.99. The highest BCUT2D eigenvalue weighted by molar-refractivity contribution is 7.80. The van der Waals surface area contributed by atoms with Crippen molar-refractivity contribution in [3.05, 3.63) is 41.1 Å². The van der Waals surface area contributed by atoms with Gasteiger partial charge in [-0.05, 0) is 42.9 Å². The Morgan fingerprint density at radius 2 is 2.17 bits per heavy atom. The van der Waals surface area contributed by atoms with E-state index in [0.717, 1.165) is 0 Å². The number of ether oxygens (including phenoxy) is 2. The molecule has 1 aliphatic rings. The fourth-order valence-electron chi connectivity index (χ4n) is 2.01. The number of likely N-dealkylation sites (N-methyl/N-ethyl adjacent to an activating group) is 1. The Morgan fingerprint density at radius 1 is 1.43 bits per heavy atom. The lowest BCUT2D eigenvalue weighted by Gasteiger charge is -2.13. The number of nitrogens with one attached hydrogen (secondary N) is 1. The molecule has 0 aliphatic carbocycles. The molecule has 23 heavy (non-hydrogen) atoms. The Hall–Kier alpha value is -2.05. The van der Waals surface area contributed by atoms with Crippen LogP contribution in [-0.4, -0.2) is 36.2 Å². The van der Waals surface area contributed by atoms with Crippen molar-refractivity contribution in [2.24, 2.45) is 0 Å². The number of carbonyl (C=O) groups excluding carboxylic acids is 1. The number of carbonyl (C=O) groups is 1. The van der Waals surface area contributed by atoms with Crippen LogP contribution in [0.1, 0.15) is 12.5 Å². The minimum absolute atomic E-state index is 0.198. The topological polar surface area (TPSA) is 50.8 Å². The highest BCUT2D eigenvalue weighted by Crippen LogP contribution is 2.37. The molecule has 0 bridgehead atoms. The Kier molecular flexibility index (Phi) is 5.63. The minimum Gasteiger partial charge on any atom is -0.490 e. The van der Waals surface area contributed by atoms with E-state index in [4.69, 9.17) is 33.3 Å². The highest BCUT2D eigenvalue weighted by Gasteiger charge is 2.27. The van der Waals surface area contributed by atoms with Gasteiger partial charge in [0.2, 0.25) is 0 Å². The highest BCUT2D eigenvalue weighted by atomic mass is 35.5. The molecular weight excluding hydrogens is 336 g/mol. The van der Waals surface area contributed by atoms with Crippen LogP contribution >= 0.6 is 23.8 Å². The molecule has 2 rings (SSSR count). The standard InChI is InChI=1S/C16H17ClN2O3S/c1-4-6-22-14-11(17)7-10(9-13(14)21-5-2)8-12-15(20)19(3)16(23)18-12/h4,7-9H,1,5-6H2,2-3H3,(H,18,23)/b12-8+. The molecule has 122 valence electrons. The SMILES string of the molecule is C=CCOc1c(Cl)cc(/C=C2/NC(=S)N(C)C2=O)cc1OCC.